The average molecular weight is 749 g/mol. The van der Waals surface area contributed by atoms with E-state index >= 15 is 0 Å². The summed E-state index contributed by atoms with van der Waals surface area (Å²) in [4.78, 5) is 0. The minimum Gasteiger partial charge on any atom is -0.0616 e. The number of fused-ring (bicyclic) bond motifs is 11. The molecule has 1 aliphatic rings. The second-order valence-electron chi connectivity index (χ2n) is 16.8. The predicted molar refractivity (Wildman–Crippen MR) is 253 cm³/mol. The number of rotatable bonds is 4. The van der Waals surface area contributed by atoms with E-state index in [4.69, 9.17) is 0 Å². The highest BCUT2D eigenvalue weighted by Crippen LogP contribution is 2.55. The standard InChI is InChI=1S/C59H40/c1-59(2)54-34-33-44(36-53(54)57-47-17-7-5-15-45(47)46-16-6-12-22-52(46)58(57)59)39-25-30-41(31-26-39)56-50-20-10-8-18-48(50)55(49-19-9-11-21-51(49)56)40-28-23-38(24-29-40)43-32-27-37-13-3-4-14-42(37)35-43/h3-36H,1-2H3. The molecule has 276 valence electrons. The first-order valence-electron chi connectivity index (χ1n) is 20.8. The minimum absolute atomic E-state index is 0.107. The molecule has 12 rings (SSSR count). The van der Waals surface area contributed by atoms with E-state index in [0.29, 0.717) is 0 Å². The zero-order chi connectivity index (χ0) is 39.2. The van der Waals surface area contributed by atoms with Crippen LogP contribution in [-0.2, 0) is 5.41 Å². The Morgan fingerprint density at radius 1 is 0.271 bits per heavy atom. The molecule has 0 aromatic heterocycles. The molecule has 0 unspecified atom stereocenters. The van der Waals surface area contributed by atoms with Gasteiger partial charge < -0.3 is 0 Å². The molecular formula is C59H40. The highest BCUT2D eigenvalue weighted by Gasteiger charge is 2.38. The fraction of sp³-hybridized carbons (Fsp3) is 0.0508. The van der Waals surface area contributed by atoms with E-state index in [1.165, 1.54) is 121 Å². The van der Waals surface area contributed by atoms with E-state index in [1.54, 1.807) is 0 Å². The van der Waals surface area contributed by atoms with Gasteiger partial charge in [0.15, 0.2) is 0 Å². The van der Waals surface area contributed by atoms with Crippen molar-refractivity contribution in [2.75, 3.05) is 0 Å². The Bertz CT molecular complexity index is 3430. The number of hydrogen-bond donors (Lipinski definition) is 0. The van der Waals surface area contributed by atoms with Crippen molar-refractivity contribution in [1.29, 1.82) is 0 Å². The molecule has 11 aromatic carbocycles. The van der Waals surface area contributed by atoms with E-state index < -0.39 is 0 Å². The summed E-state index contributed by atoms with van der Waals surface area (Å²) >= 11 is 0. The largest absolute Gasteiger partial charge is 0.0616 e. The molecule has 0 saturated carbocycles. The van der Waals surface area contributed by atoms with E-state index in [1.807, 2.05) is 0 Å². The Hall–Kier alpha value is -7.28. The lowest BCUT2D eigenvalue weighted by molar-refractivity contribution is 0.666. The van der Waals surface area contributed by atoms with E-state index in [9.17, 15) is 0 Å². The maximum atomic E-state index is 2.45. The molecule has 0 radical (unpaired) electrons. The Labute approximate surface area is 344 Å². The maximum Gasteiger partial charge on any atom is 0.0165 e. The van der Waals surface area contributed by atoms with Gasteiger partial charge >= 0.3 is 0 Å². The fourth-order valence-electron chi connectivity index (χ4n) is 10.5. The summed E-state index contributed by atoms with van der Waals surface area (Å²) in [5.41, 5.74) is 15.4. The normalized spacial score (nSPS) is 13.1. The van der Waals surface area contributed by atoms with Crippen LogP contribution in [0.3, 0.4) is 0 Å². The molecular weight excluding hydrogens is 709 g/mol. The van der Waals surface area contributed by atoms with Crippen LogP contribution in [0.2, 0.25) is 0 Å². The van der Waals surface area contributed by atoms with Gasteiger partial charge in [-0.3, -0.25) is 0 Å². The third-order valence-electron chi connectivity index (χ3n) is 13.2. The summed E-state index contributed by atoms with van der Waals surface area (Å²) in [6.07, 6.45) is 0. The molecule has 0 N–H and O–H groups in total. The lowest BCUT2D eigenvalue weighted by Gasteiger charge is -2.24. The molecule has 1 aliphatic carbocycles. The van der Waals surface area contributed by atoms with Crippen molar-refractivity contribution in [3.63, 3.8) is 0 Å². The molecule has 0 heteroatoms. The molecule has 0 atom stereocenters. The predicted octanol–water partition coefficient (Wildman–Crippen LogP) is 16.4. The molecule has 0 aliphatic heterocycles. The summed E-state index contributed by atoms with van der Waals surface area (Å²) in [7, 11) is 0. The average Bonchev–Trinajstić information content (AvgIpc) is 3.54. The third-order valence-corrected chi connectivity index (χ3v) is 13.2. The molecule has 59 heavy (non-hydrogen) atoms. The molecule has 0 fully saturated rings. The smallest absolute Gasteiger partial charge is 0.0165 e. The zero-order valence-electron chi connectivity index (χ0n) is 33.1. The van der Waals surface area contributed by atoms with Gasteiger partial charge in [-0.1, -0.05) is 208 Å². The molecule has 0 saturated heterocycles. The van der Waals surface area contributed by atoms with Crippen LogP contribution >= 0.6 is 0 Å². The van der Waals surface area contributed by atoms with Crippen LogP contribution in [0.25, 0.3) is 109 Å². The topological polar surface area (TPSA) is 0 Å². The van der Waals surface area contributed by atoms with Crippen molar-refractivity contribution in [2.45, 2.75) is 19.3 Å². The van der Waals surface area contributed by atoms with E-state index in [2.05, 4.69) is 220 Å². The summed E-state index contributed by atoms with van der Waals surface area (Å²) in [5.74, 6) is 0. The minimum atomic E-state index is -0.107. The van der Waals surface area contributed by atoms with Crippen LogP contribution < -0.4 is 0 Å². The highest BCUT2D eigenvalue weighted by atomic mass is 14.4. The van der Waals surface area contributed by atoms with Crippen LogP contribution in [0.5, 0.6) is 0 Å². The van der Waals surface area contributed by atoms with Gasteiger partial charge in [0.2, 0.25) is 0 Å². The van der Waals surface area contributed by atoms with Gasteiger partial charge in [0.05, 0.1) is 0 Å². The van der Waals surface area contributed by atoms with Gasteiger partial charge in [0, 0.05) is 5.41 Å². The first-order valence-corrected chi connectivity index (χ1v) is 20.8. The van der Waals surface area contributed by atoms with Crippen LogP contribution in [0.1, 0.15) is 25.0 Å². The summed E-state index contributed by atoms with van der Waals surface area (Å²) in [5, 5.41) is 12.9. The van der Waals surface area contributed by atoms with Crippen molar-refractivity contribution in [2.24, 2.45) is 0 Å². The SMILES string of the molecule is CC1(C)c2ccc(-c3ccc(-c4c5ccccc5c(-c5ccc(-c6ccc7ccccc7c6)cc5)c5ccccc45)cc3)cc2-c2c1c1ccccc1c1ccccc21. The lowest BCUT2D eigenvalue weighted by atomic mass is 9.79. The van der Waals surface area contributed by atoms with Crippen molar-refractivity contribution >= 4 is 53.9 Å². The van der Waals surface area contributed by atoms with E-state index in [0.717, 1.165) is 0 Å². The van der Waals surface area contributed by atoms with Gasteiger partial charge in [-0.05, 0) is 133 Å². The second kappa shape index (κ2) is 12.9. The van der Waals surface area contributed by atoms with E-state index in [-0.39, 0.29) is 5.41 Å². The monoisotopic (exact) mass is 748 g/mol. The third kappa shape index (κ3) is 5.09. The summed E-state index contributed by atoms with van der Waals surface area (Å²) < 4.78 is 0. The molecule has 0 heterocycles. The fourth-order valence-corrected chi connectivity index (χ4v) is 10.5. The summed E-state index contributed by atoms with van der Waals surface area (Å²) in [6, 6.07) is 76.8. The van der Waals surface area contributed by atoms with Crippen LogP contribution in [0.4, 0.5) is 0 Å². The van der Waals surface area contributed by atoms with Gasteiger partial charge in [0.25, 0.3) is 0 Å². The van der Waals surface area contributed by atoms with Crippen LogP contribution in [-0.4, -0.2) is 0 Å². The summed E-state index contributed by atoms with van der Waals surface area (Å²) in [6.45, 7) is 4.79. The zero-order valence-corrected chi connectivity index (χ0v) is 33.1. The first kappa shape index (κ1) is 33.8. The molecule has 0 bridgehead atoms. The van der Waals surface area contributed by atoms with Crippen molar-refractivity contribution < 1.29 is 0 Å². The Morgan fingerprint density at radius 2 is 0.644 bits per heavy atom. The first-order chi connectivity index (χ1) is 29.0. The van der Waals surface area contributed by atoms with Gasteiger partial charge in [-0.25, -0.2) is 0 Å². The highest BCUT2D eigenvalue weighted by molar-refractivity contribution is 6.22. The van der Waals surface area contributed by atoms with Gasteiger partial charge in [0.1, 0.15) is 0 Å². The second-order valence-corrected chi connectivity index (χ2v) is 16.8. The quantitative estimate of drug-likeness (QED) is 0.124. The van der Waals surface area contributed by atoms with Crippen molar-refractivity contribution in [3.8, 4) is 55.6 Å². The molecule has 0 spiro atoms. The molecule has 0 nitrogen and oxygen atoms in total. The maximum absolute atomic E-state index is 2.45. The molecule has 11 aromatic rings. The Balaban J connectivity index is 0.963. The lowest BCUT2D eigenvalue weighted by Crippen LogP contribution is -2.15. The van der Waals surface area contributed by atoms with Gasteiger partial charge in [-0.2, -0.15) is 0 Å². The number of hydrogen-bond acceptors (Lipinski definition) is 0. The van der Waals surface area contributed by atoms with Crippen molar-refractivity contribution in [1.82, 2.24) is 0 Å². The number of benzene rings is 11. The van der Waals surface area contributed by atoms with Gasteiger partial charge in [-0.15, -0.1) is 0 Å². The van der Waals surface area contributed by atoms with Crippen LogP contribution in [0.15, 0.2) is 206 Å². The van der Waals surface area contributed by atoms with Crippen molar-refractivity contribution in [3.05, 3.63) is 217 Å². The molecule has 0 amide bonds. The Kier molecular flexibility index (Phi) is 7.38. The Morgan fingerprint density at radius 3 is 1.19 bits per heavy atom. The van der Waals surface area contributed by atoms with Crippen LogP contribution in [0, 0.1) is 0 Å².